The smallest absolute Gasteiger partial charge is 0.437 e. The average molecular weight is 311 g/mol. The first-order valence-electron chi connectivity index (χ1n) is 7.18. The highest BCUT2D eigenvalue weighted by Gasteiger charge is 2.23. The number of nitrogens with zero attached hydrogens (tertiary/aromatic N) is 2. The zero-order valence-corrected chi connectivity index (χ0v) is 14.1. The lowest BCUT2D eigenvalue weighted by molar-refractivity contribution is 0.0556. The summed E-state index contributed by atoms with van der Waals surface area (Å²) in [5.74, 6) is 0.119. The zero-order valence-electron chi connectivity index (χ0n) is 14.1. The number of hydrogen-bond donors (Lipinski definition) is 1. The van der Waals surface area contributed by atoms with Gasteiger partial charge >= 0.3 is 12.2 Å². The first kappa shape index (κ1) is 18.0. The lowest BCUT2D eigenvalue weighted by Crippen LogP contribution is -2.45. The fourth-order valence-electron chi connectivity index (χ4n) is 1.59. The highest BCUT2D eigenvalue weighted by Crippen LogP contribution is 2.10. The quantitative estimate of drug-likeness (QED) is 0.422. The lowest BCUT2D eigenvalue weighted by atomic mass is 10.2. The molecule has 1 heterocycles. The maximum atomic E-state index is 11.9. The van der Waals surface area contributed by atoms with Crippen LogP contribution in [-0.4, -0.2) is 47.3 Å². The number of carbonyl (C=O) groups excluding carboxylic acids is 2. The molecule has 7 nitrogen and oxygen atoms in total. The maximum absolute atomic E-state index is 11.9. The van der Waals surface area contributed by atoms with Crippen LogP contribution >= 0.6 is 0 Å². The van der Waals surface area contributed by atoms with Gasteiger partial charge in [0.15, 0.2) is 0 Å². The molecule has 1 N–H and O–H groups in total. The molecule has 0 aromatic carbocycles. The molecular weight excluding hydrogens is 286 g/mol. The summed E-state index contributed by atoms with van der Waals surface area (Å²) in [5, 5.41) is 2.51. The molecular formula is C15H25N3O4. The van der Waals surface area contributed by atoms with Crippen molar-refractivity contribution in [2.24, 2.45) is 4.99 Å². The van der Waals surface area contributed by atoms with Gasteiger partial charge in [-0.2, -0.15) is 0 Å². The molecule has 22 heavy (non-hydrogen) atoms. The highest BCUT2D eigenvalue weighted by atomic mass is 16.6. The normalized spacial score (nSPS) is 15.7. The van der Waals surface area contributed by atoms with Gasteiger partial charge in [0.2, 0.25) is 5.96 Å². The van der Waals surface area contributed by atoms with Crippen LogP contribution in [0.1, 0.15) is 41.5 Å². The molecule has 0 aliphatic carbocycles. The molecule has 124 valence electrons. The van der Waals surface area contributed by atoms with Crippen LogP contribution in [0.5, 0.6) is 0 Å². The number of rotatable bonds is 0. The topological polar surface area (TPSA) is 80.2 Å². The van der Waals surface area contributed by atoms with Gasteiger partial charge in [-0.1, -0.05) is 12.2 Å². The maximum Gasteiger partial charge on any atom is 0.437 e. The summed E-state index contributed by atoms with van der Waals surface area (Å²) in [4.78, 5) is 29.3. The molecule has 0 bridgehead atoms. The number of nitrogens with one attached hydrogen (secondary N) is 1. The third kappa shape index (κ3) is 7.10. The van der Waals surface area contributed by atoms with Crippen molar-refractivity contribution in [2.75, 3.05) is 13.1 Å². The molecule has 0 spiro atoms. The number of guanidine groups is 1. The predicted molar refractivity (Wildman–Crippen MR) is 83.8 cm³/mol. The van der Waals surface area contributed by atoms with Crippen molar-refractivity contribution in [3.05, 3.63) is 12.2 Å². The van der Waals surface area contributed by atoms with Crippen LogP contribution in [0.25, 0.3) is 0 Å². The minimum Gasteiger partial charge on any atom is -0.444 e. The Kier molecular flexibility index (Phi) is 5.57. The Morgan fingerprint density at radius 2 is 1.50 bits per heavy atom. The van der Waals surface area contributed by atoms with Gasteiger partial charge in [0.05, 0.1) is 0 Å². The van der Waals surface area contributed by atoms with Gasteiger partial charge in [-0.05, 0) is 41.5 Å². The van der Waals surface area contributed by atoms with E-state index in [2.05, 4.69) is 10.3 Å². The summed E-state index contributed by atoms with van der Waals surface area (Å²) in [5.41, 5.74) is -1.29. The van der Waals surface area contributed by atoms with Gasteiger partial charge < -0.3 is 14.4 Å². The fraction of sp³-hybridized carbons (Fsp3) is 0.667. The highest BCUT2D eigenvalue weighted by molar-refractivity contribution is 5.99. The van der Waals surface area contributed by atoms with Crippen molar-refractivity contribution in [2.45, 2.75) is 52.7 Å². The van der Waals surface area contributed by atoms with Gasteiger partial charge in [-0.25, -0.2) is 9.59 Å². The largest absolute Gasteiger partial charge is 0.444 e. The number of hydrogen-bond acceptors (Lipinski definition) is 4. The zero-order chi connectivity index (χ0) is 17.0. The number of alkyl carbamates (subject to hydrolysis) is 1. The molecule has 0 fully saturated rings. The van der Waals surface area contributed by atoms with Crippen molar-refractivity contribution < 1.29 is 19.1 Å². The van der Waals surface area contributed by atoms with E-state index in [1.807, 2.05) is 12.2 Å². The standard InChI is InChI=1S/C15H25N3O4/c1-14(2,3)21-12(19)16-11(18-9-7-8-10-18)17-13(20)22-15(4,5)6/h7-8H,9-10H2,1-6H3,(H,16,17,19,20). The Morgan fingerprint density at radius 1 is 1.00 bits per heavy atom. The summed E-state index contributed by atoms with van der Waals surface area (Å²) in [7, 11) is 0. The van der Waals surface area contributed by atoms with E-state index in [0.717, 1.165) is 0 Å². The van der Waals surface area contributed by atoms with Crippen molar-refractivity contribution in [1.82, 2.24) is 10.2 Å². The Balaban J connectivity index is 2.80. The number of aliphatic imine (C=N–C) groups is 1. The third-order valence-electron chi connectivity index (χ3n) is 2.32. The van der Waals surface area contributed by atoms with E-state index in [1.165, 1.54) is 0 Å². The molecule has 0 unspecified atom stereocenters. The molecule has 0 radical (unpaired) electrons. The Bertz CT molecular complexity index is 476. The monoisotopic (exact) mass is 311 g/mol. The van der Waals surface area contributed by atoms with Crippen molar-refractivity contribution >= 4 is 18.1 Å². The lowest BCUT2D eigenvalue weighted by Gasteiger charge is -2.24. The van der Waals surface area contributed by atoms with Crippen molar-refractivity contribution in [3.63, 3.8) is 0 Å². The van der Waals surface area contributed by atoms with Crippen molar-refractivity contribution in [1.29, 1.82) is 0 Å². The molecule has 0 saturated heterocycles. The van der Waals surface area contributed by atoms with Crippen molar-refractivity contribution in [3.8, 4) is 0 Å². The molecule has 1 aliphatic rings. The van der Waals surface area contributed by atoms with Gasteiger partial charge in [-0.15, -0.1) is 4.99 Å². The summed E-state index contributed by atoms with van der Waals surface area (Å²) >= 11 is 0. The predicted octanol–water partition coefficient (Wildman–Crippen LogP) is 2.67. The minimum absolute atomic E-state index is 0.119. The molecule has 1 rings (SSSR count). The van der Waals surface area contributed by atoms with Gasteiger partial charge in [0.25, 0.3) is 0 Å². The molecule has 7 heteroatoms. The van der Waals surface area contributed by atoms with Crippen LogP contribution in [0.4, 0.5) is 9.59 Å². The third-order valence-corrected chi connectivity index (χ3v) is 2.32. The van der Waals surface area contributed by atoms with E-state index >= 15 is 0 Å². The van der Waals surface area contributed by atoms with Gasteiger partial charge in [0.1, 0.15) is 11.2 Å². The average Bonchev–Trinajstić information content (AvgIpc) is 2.75. The molecule has 1 aliphatic heterocycles. The summed E-state index contributed by atoms with van der Waals surface area (Å²) in [6.45, 7) is 11.6. The van der Waals surface area contributed by atoms with Crippen LogP contribution in [0, 0.1) is 0 Å². The fourth-order valence-corrected chi connectivity index (χ4v) is 1.59. The molecule has 0 aromatic heterocycles. The van der Waals surface area contributed by atoms with E-state index < -0.39 is 23.4 Å². The second-order valence-corrected chi connectivity index (χ2v) is 6.92. The van der Waals surface area contributed by atoms with E-state index in [4.69, 9.17) is 9.47 Å². The summed E-state index contributed by atoms with van der Waals surface area (Å²) in [6, 6.07) is 0. The van der Waals surface area contributed by atoms with Crippen LogP contribution < -0.4 is 5.32 Å². The SMILES string of the molecule is CC(C)(C)OC(=O)/N=C(/NC(=O)OC(C)(C)C)N1CC=CC1. The molecule has 0 atom stereocenters. The first-order valence-corrected chi connectivity index (χ1v) is 7.18. The van der Waals surface area contributed by atoms with Gasteiger partial charge in [-0.3, -0.25) is 5.32 Å². The van der Waals surface area contributed by atoms with E-state index in [0.29, 0.717) is 13.1 Å². The van der Waals surface area contributed by atoms with Crippen LogP contribution in [0.3, 0.4) is 0 Å². The Hall–Kier alpha value is -2.05. The first-order chi connectivity index (χ1) is 9.96. The Morgan fingerprint density at radius 3 is 1.95 bits per heavy atom. The number of amides is 2. The van der Waals surface area contributed by atoms with Crippen LogP contribution in [0.15, 0.2) is 17.1 Å². The summed E-state index contributed by atoms with van der Waals surface area (Å²) < 4.78 is 10.3. The Labute approximate surface area is 131 Å². The summed E-state index contributed by atoms with van der Waals surface area (Å²) in [6.07, 6.45) is 2.41. The van der Waals surface area contributed by atoms with Crippen LogP contribution in [-0.2, 0) is 9.47 Å². The number of ether oxygens (including phenoxy) is 2. The van der Waals surface area contributed by atoms with Gasteiger partial charge in [0, 0.05) is 13.1 Å². The minimum atomic E-state index is -0.759. The van der Waals surface area contributed by atoms with Crippen LogP contribution in [0.2, 0.25) is 0 Å². The van der Waals surface area contributed by atoms with E-state index in [-0.39, 0.29) is 5.96 Å². The van der Waals surface area contributed by atoms with E-state index in [1.54, 1.807) is 46.4 Å². The second kappa shape index (κ2) is 6.81. The molecule has 0 aromatic rings. The molecule has 0 saturated carbocycles. The second-order valence-electron chi connectivity index (χ2n) is 6.92. The number of carbonyl (C=O) groups is 2. The molecule has 2 amide bonds. The van der Waals surface area contributed by atoms with E-state index in [9.17, 15) is 9.59 Å².